The number of hydrogen-bond acceptors (Lipinski definition) is 3. The summed E-state index contributed by atoms with van der Waals surface area (Å²) in [7, 11) is 1.58. The first-order valence-electron chi connectivity index (χ1n) is 7.31. The molecule has 5 heteroatoms. The van der Waals surface area contributed by atoms with Crippen molar-refractivity contribution in [3.63, 3.8) is 0 Å². The van der Waals surface area contributed by atoms with Crippen LogP contribution in [-0.2, 0) is 16.1 Å². The van der Waals surface area contributed by atoms with Crippen molar-refractivity contribution in [2.75, 3.05) is 20.3 Å². The maximum absolute atomic E-state index is 12.3. The zero-order chi connectivity index (χ0) is 16.3. The highest BCUT2D eigenvalue weighted by Crippen LogP contribution is 2.22. The molecular formula is C17H22N2O3. The molecule has 0 radical (unpaired) electrons. The van der Waals surface area contributed by atoms with E-state index in [1.807, 2.05) is 26.8 Å². The van der Waals surface area contributed by atoms with Crippen molar-refractivity contribution in [1.82, 2.24) is 9.88 Å². The number of nitrogens with zero attached hydrogens (tertiary/aromatic N) is 1. The van der Waals surface area contributed by atoms with Gasteiger partial charge in [0.25, 0.3) is 5.56 Å². The van der Waals surface area contributed by atoms with Crippen LogP contribution in [0.1, 0.15) is 16.7 Å². The second-order valence-electron chi connectivity index (χ2n) is 5.57. The van der Waals surface area contributed by atoms with Crippen LogP contribution < -0.4 is 10.9 Å². The molecular weight excluding hydrogens is 280 g/mol. The van der Waals surface area contributed by atoms with Crippen LogP contribution >= 0.6 is 0 Å². The molecule has 1 aromatic carbocycles. The van der Waals surface area contributed by atoms with E-state index in [2.05, 4.69) is 11.4 Å². The van der Waals surface area contributed by atoms with Crippen molar-refractivity contribution in [3.8, 4) is 0 Å². The fourth-order valence-electron chi connectivity index (χ4n) is 2.72. The molecule has 0 saturated carbocycles. The topological polar surface area (TPSA) is 60.3 Å². The summed E-state index contributed by atoms with van der Waals surface area (Å²) in [5, 5.41) is 3.76. The first-order chi connectivity index (χ1) is 10.4. The number of methoxy groups -OCH3 is 1. The van der Waals surface area contributed by atoms with Crippen LogP contribution in [0.4, 0.5) is 0 Å². The standard InChI is InChI=1S/C17H22N2O3/c1-11-7-13(3)17-14(8-11)12(2)9-16(21)19(17)10-15(20)18-5-6-22-4/h7-9H,5-6,10H2,1-4H3,(H,18,20). The minimum atomic E-state index is -0.190. The minimum Gasteiger partial charge on any atom is -0.383 e. The molecule has 1 amide bonds. The van der Waals surface area contributed by atoms with Crippen LogP contribution in [0.15, 0.2) is 23.0 Å². The van der Waals surface area contributed by atoms with Gasteiger partial charge in [-0.05, 0) is 38.0 Å². The molecule has 0 fully saturated rings. The second kappa shape index (κ2) is 6.75. The molecule has 1 heterocycles. The highest BCUT2D eigenvalue weighted by Gasteiger charge is 2.12. The quantitative estimate of drug-likeness (QED) is 0.855. The molecule has 0 unspecified atom stereocenters. The van der Waals surface area contributed by atoms with E-state index in [1.54, 1.807) is 17.7 Å². The predicted octanol–water partition coefficient (Wildman–Crippen LogP) is 1.69. The molecule has 2 rings (SSSR count). The molecule has 0 aliphatic rings. The zero-order valence-electron chi connectivity index (χ0n) is 13.5. The lowest BCUT2D eigenvalue weighted by Crippen LogP contribution is -2.34. The number of carbonyl (C=O) groups is 1. The third kappa shape index (κ3) is 3.36. The number of rotatable bonds is 5. The van der Waals surface area contributed by atoms with E-state index in [0.717, 1.165) is 27.6 Å². The maximum Gasteiger partial charge on any atom is 0.251 e. The lowest BCUT2D eigenvalue weighted by atomic mass is 10.0. The third-order valence-electron chi connectivity index (χ3n) is 3.68. The molecule has 0 saturated heterocycles. The predicted molar refractivity (Wildman–Crippen MR) is 87.3 cm³/mol. The van der Waals surface area contributed by atoms with Crippen molar-refractivity contribution < 1.29 is 9.53 Å². The number of amides is 1. The highest BCUT2D eigenvalue weighted by atomic mass is 16.5. The summed E-state index contributed by atoms with van der Waals surface area (Å²) in [5.74, 6) is -0.190. The molecule has 0 aliphatic heterocycles. The van der Waals surface area contributed by atoms with Crippen LogP contribution in [0, 0.1) is 20.8 Å². The van der Waals surface area contributed by atoms with E-state index in [9.17, 15) is 9.59 Å². The average molecular weight is 302 g/mol. The Hall–Kier alpha value is -2.14. The van der Waals surface area contributed by atoms with Gasteiger partial charge in [-0.2, -0.15) is 0 Å². The van der Waals surface area contributed by atoms with Crippen molar-refractivity contribution in [3.05, 3.63) is 45.2 Å². The Kier molecular flexibility index (Phi) is 4.98. The largest absolute Gasteiger partial charge is 0.383 e. The third-order valence-corrected chi connectivity index (χ3v) is 3.68. The van der Waals surface area contributed by atoms with E-state index < -0.39 is 0 Å². The summed E-state index contributed by atoms with van der Waals surface area (Å²) in [6, 6.07) is 5.67. The van der Waals surface area contributed by atoms with Crippen LogP contribution in [-0.4, -0.2) is 30.7 Å². The Labute approximate surface area is 129 Å². The molecule has 0 spiro atoms. The Morgan fingerprint density at radius 1 is 1.18 bits per heavy atom. The smallest absolute Gasteiger partial charge is 0.251 e. The lowest BCUT2D eigenvalue weighted by molar-refractivity contribution is -0.121. The van der Waals surface area contributed by atoms with E-state index in [0.29, 0.717) is 13.2 Å². The van der Waals surface area contributed by atoms with Gasteiger partial charge in [-0.15, -0.1) is 0 Å². The van der Waals surface area contributed by atoms with E-state index in [-0.39, 0.29) is 18.0 Å². The summed E-state index contributed by atoms with van der Waals surface area (Å²) < 4.78 is 6.44. The normalized spacial score (nSPS) is 10.9. The molecule has 5 nitrogen and oxygen atoms in total. The molecule has 2 aromatic rings. The van der Waals surface area contributed by atoms with Gasteiger partial charge in [0, 0.05) is 25.1 Å². The van der Waals surface area contributed by atoms with Crippen LogP contribution in [0.2, 0.25) is 0 Å². The van der Waals surface area contributed by atoms with Crippen molar-refractivity contribution in [2.24, 2.45) is 0 Å². The fraction of sp³-hybridized carbons (Fsp3) is 0.412. The van der Waals surface area contributed by atoms with Gasteiger partial charge in [0.1, 0.15) is 6.54 Å². The summed E-state index contributed by atoms with van der Waals surface area (Å²) in [4.78, 5) is 24.3. The van der Waals surface area contributed by atoms with Gasteiger partial charge in [-0.25, -0.2) is 0 Å². The van der Waals surface area contributed by atoms with Gasteiger partial charge in [0.2, 0.25) is 5.91 Å². The number of aryl methyl sites for hydroxylation is 3. The SMILES string of the molecule is COCCNC(=O)Cn1c(=O)cc(C)c2cc(C)cc(C)c21. The highest BCUT2D eigenvalue weighted by molar-refractivity contribution is 5.87. The van der Waals surface area contributed by atoms with Crippen molar-refractivity contribution in [2.45, 2.75) is 27.3 Å². The Morgan fingerprint density at radius 2 is 1.91 bits per heavy atom. The number of nitrogens with one attached hydrogen (secondary N) is 1. The Morgan fingerprint density at radius 3 is 2.59 bits per heavy atom. The molecule has 1 aromatic heterocycles. The molecule has 22 heavy (non-hydrogen) atoms. The van der Waals surface area contributed by atoms with Gasteiger partial charge in [0.15, 0.2) is 0 Å². The number of pyridine rings is 1. The van der Waals surface area contributed by atoms with Gasteiger partial charge in [0.05, 0.1) is 12.1 Å². The van der Waals surface area contributed by atoms with Crippen LogP contribution in [0.25, 0.3) is 10.9 Å². The molecule has 118 valence electrons. The lowest BCUT2D eigenvalue weighted by Gasteiger charge is -2.15. The van der Waals surface area contributed by atoms with Crippen LogP contribution in [0.3, 0.4) is 0 Å². The second-order valence-corrected chi connectivity index (χ2v) is 5.57. The number of aromatic nitrogens is 1. The number of benzene rings is 1. The fourth-order valence-corrected chi connectivity index (χ4v) is 2.72. The molecule has 0 aliphatic carbocycles. The number of ether oxygens (including phenoxy) is 1. The average Bonchev–Trinajstić information content (AvgIpc) is 2.43. The Bertz CT molecular complexity index is 763. The van der Waals surface area contributed by atoms with Crippen molar-refractivity contribution in [1.29, 1.82) is 0 Å². The molecule has 0 bridgehead atoms. The number of carbonyl (C=O) groups excluding carboxylic acids is 1. The van der Waals surface area contributed by atoms with Crippen molar-refractivity contribution >= 4 is 16.8 Å². The van der Waals surface area contributed by atoms with Gasteiger partial charge >= 0.3 is 0 Å². The molecule has 1 N–H and O–H groups in total. The minimum absolute atomic E-state index is 0.0171. The number of hydrogen-bond donors (Lipinski definition) is 1. The van der Waals surface area contributed by atoms with Gasteiger partial charge in [-0.3, -0.25) is 14.2 Å². The summed E-state index contributed by atoms with van der Waals surface area (Å²) in [6.45, 7) is 6.82. The van der Waals surface area contributed by atoms with Gasteiger partial charge < -0.3 is 10.1 Å². The Balaban J connectivity index is 2.45. The van der Waals surface area contributed by atoms with E-state index >= 15 is 0 Å². The number of fused-ring (bicyclic) bond motifs is 1. The first kappa shape index (κ1) is 16.2. The summed E-state index contributed by atoms with van der Waals surface area (Å²) >= 11 is 0. The maximum atomic E-state index is 12.3. The summed E-state index contributed by atoms with van der Waals surface area (Å²) in [5.41, 5.74) is 3.75. The first-order valence-corrected chi connectivity index (χ1v) is 7.31. The monoisotopic (exact) mass is 302 g/mol. The van der Waals surface area contributed by atoms with E-state index in [4.69, 9.17) is 4.74 Å². The van der Waals surface area contributed by atoms with Crippen LogP contribution in [0.5, 0.6) is 0 Å². The molecule has 0 atom stereocenters. The zero-order valence-corrected chi connectivity index (χ0v) is 13.5. The summed E-state index contributed by atoms with van der Waals surface area (Å²) in [6.07, 6.45) is 0. The van der Waals surface area contributed by atoms with E-state index in [1.165, 1.54) is 0 Å². The van der Waals surface area contributed by atoms with Gasteiger partial charge in [-0.1, -0.05) is 11.6 Å².